The van der Waals surface area contributed by atoms with E-state index in [9.17, 15) is 4.79 Å². The van der Waals surface area contributed by atoms with Gasteiger partial charge in [0.15, 0.2) is 11.5 Å². The fraction of sp³-hybridized carbons (Fsp3) is 0.222. The zero-order valence-corrected chi connectivity index (χ0v) is 9.09. The van der Waals surface area contributed by atoms with Crippen LogP contribution in [0.2, 0.25) is 0 Å². The quantitative estimate of drug-likeness (QED) is 0.781. The highest BCUT2D eigenvalue weighted by molar-refractivity contribution is 6.23. The number of benzene rings is 1. The largest absolute Gasteiger partial charge is 0.493 e. The molecule has 1 rings (SSSR count). The number of hydrogen-bond acceptors (Lipinski definition) is 3. The van der Waals surface area contributed by atoms with E-state index in [2.05, 4.69) is 5.32 Å². The van der Waals surface area contributed by atoms with Crippen molar-refractivity contribution in [2.45, 2.75) is 0 Å². The smallest absolute Gasteiger partial charge is 0.333 e. The van der Waals surface area contributed by atoms with Crippen molar-refractivity contribution in [3.05, 3.63) is 18.2 Å². The van der Waals surface area contributed by atoms with E-state index >= 15 is 0 Å². The van der Waals surface area contributed by atoms with Crippen molar-refractivity contribution in [1.82, 2.24) is 4.84 Å². The summed E-state index contributed by atoms with van der Waals surface area (Å²) >= 11 is 5.14. The number of para-hydroxylation sites is 1. The number of rotatable bonds is 3. The monoisotopic (exact) mass is 230 g/mol. The summed E-state index contributed by atoms with van der Waals surface area (Å²) in [7, 11) is 3.00. The summed E-state index contributed by atoms with van der Waals surface area (Å²) < 4.78 is 10.2. The number of nitrogens with one attached hydrogen (secondary N) is 2. The lowest BCUT2D eigenvalue weighted by Gasteiger charge is -2.12. The number of halogens is 1. The molecular weight excluding hydrogens is 220 g/mol. The Bertz CT molecular complexity index is 357. The van der Waals surface area contributed by atoms with Crippen LogP contribution in [0, 0.1) is 0 Å². The molecule has 0 aliphatic heterocycles. The lowest BCUT2D eigenvalue weighted by atomic mass is 10.2. The summed E-state index contributed by atoms with van der Waals surface area (Å²) in [5, 5.41) is 2.50. The van der Waals surface area contributed by atoms with Gasteiger partial charge in [0.2, 0.25) is 0 Å². The van der Waals surface area contributed by atoms with E-state index in [1.807, 2.05) is 4.84 Å². The number of ether oxygens (including phenoxy) is 2. The Morgan fingerprint density at radius 3 is 2.60 bits per heavy atom. The van der Waals surface area contributed by atoms with Crippen LogP contribution >= 0.6 is 11.8 Å². The molecule has 0 unspecified atom stereocenters. The molecular formula is C9H11ClN2O3. The first kappa shape index (κ1) is 11.5. The van der Waals surface area contributed by atoms with Crippen molar-refractivity contribution in [1.29, 1.82) is 0 Å². The predicted octanol–water partition coefficient (Wildman–Crippen LogP) is 1.98. The number of carbonyl (C=O) groups is 1. The second-order valence-corrected chi connectivity index (χ2v) is 2.78. The molecule has 15 heavy (non-hydrogen) atoms. The molecule has 0 saturated carbocycles. The Morgan fingerprint density at radius 1 is 1.33 bits per heavy atom. The van der Waals surface area contributed by atoms with Gasteiger partial charge in [-0.3, -0.25) is 0 Å². The van der Waals surface area contributed by atoms with Crippen LogP contribution in [-0.4, -0.2) is 20.3 Å². The van der Waals surface area contributed by atoms with Gasteiger partial charge in [-0.15, -0.1) is 0 Å². The molecule has 0 radical (unpaired) electrons. The number of anilines is 1. The predicted molar refractivity (Wildman–Crippen MR) is 57.6 cm³/mol. The first-order valence-electron chi connectivity index (χ1n) is 4.11. The molecule has 1 aromatic rings. The number of carbonyl (C=O) groups excluding carboxylic acids is 1. The zero-order chi connectivity index (χ0) is 11.3. The first-order chi connectivity index (χ1) is 7.22. The molecule has 0 heterocycles. The molecule has 1 aromatic carbocycles. The molecule has 5 nitrogen and oxygen atoms in total. The van der Waals surface area contributed by atoms with Crippen molar-refractivity contribution >= 4 is 23.5 Å². The van der Waals surface area contributed by atoms with Crippen molar-refractivity contribution in [3.8, 4) is 11.5 Å². The van der Waals surface area contributed by atoms with Crippen molar-refractivity contribution in [2.24, 2.45) is 0 Å². The topological polar surface area (TPSA) is 59.6 Å². The molecule has 2 N–H and O–H groups in total. The highest BCUT2D eigenvalue weighted by Gasteiger charge is 2.11. The molecule has 0 saturated heterocycles. The minimum absolute atomic E-state index is 0.445. The molecule has 0 aromatic heterocycles. The summed E-state index contributed by atoms with van der Waals surface area (Å²) in [6.45, 7) is 0. The first-order valence-corrected chi connectivity index (χ1v) is 4.49. The molecule has 0 fully saturated rings. The van der Waals surface area contributed by atoms with Crippen LogP contribution in [-0.2, 0) is 0 Å². The molecule has 6 heteroatoms. The molecule has 0 aliphatic carbocycles. The van der Waals surface area contributed by atoms with Crippen molar-refractivity contribution < 1.29 is 14.3 Å². The fourth-order valence-electron chi connectivity index (χ4n) is 1.13. The maximum absolute atomic E-state index is 11.0. The second kappa shape index (κ2) is 5.31. The SMILES string of the molecule is COc1cccc(NC(=O)NCl)c1OC. The molecule has 0 aliphatic rings. The van der Waals surface area contributed by atoms with E-state index in [0.29, 0.717) is 17.2 Å². The highest BCUT2D eigenvalue weighted by Crippen LogP contribution is 2.34. The summed E-state index contributed by atoms with van der Waals surface area (Å²) in [4.78, 5) is 12.9. The molecule has 0 spiro atoms. The Kier molecular flexibility index (Phi) is 4.05. The van der Waals surface area contributed by atoms with E-state index in [4.69, 9.17) is 21.3 Å². The highest BCUT2D eigenvalue weighted by atomic mass is 35.5. The van der Waals surface area contributed by atoms with Crippen LogP contribution in [0.25, 0.3) is 0 Å². The maximum Gasteiger partial charge on any atom is 0.333 e. The van der Waals surface area contributed by atoms with Gasteiger partial charge in [0.05, 0.1) is 19.9 Å². The third-order valence-corrected chi connectivity index (χ3v) is 1.91. The van der Waals surface area contributed by atoms with Crippen molar-refractivity contribution in [2.75, 3.05) is 19.5 Å². The minimum Gasteiger partial charge on any atom is -0.493 e. The Labute approximate surface area is 92.4 Å². The van der Waals surface area contributed by atoms with Gasteiger partial charge in [-0.05, 0) is 12.1 Å². The van der Waals surface area contributed by atoms with Crippen LogP contribution in [0.4, 0.5) is 10.5 Å². The second-order valence-electron chi connectivity index (χ2n) is 2.59. The zero-order valence-electron chi connectivity index (χ0n) is 8.33. The van der Waals surface area contributed by atoms with Gasteiger partial charge in [-0.25, -0.2) is 9.63 Å². The summed E-state index contributed by atoms with van der Waals surface area (Å²) in [5.74, 6) is 0.977. The Balaban J connectivity index is 3.00. The lowest BCUT2D eigenvalue weighted by Crippen LogP contribution is -2.20. The maximum atomic E-state index is 11.0. The number of hydrogen-bond donors (Lipinski definition) is 2. The Morgan fingerprint density at radius 2 is 2.07 bits per heavy atom. The third-order valence-electron chi connectivity index (χ3n) is 1.74. The normalized spacial score (nSPS) is 9.27. The van der Waals surface area contributed by atoms with E-state index in [0.717, 1.165) is 0 Å². The van der Waals surface area contributed by atoms with Gasteiger partial charge in [0.25, 0.3) is 0 Å². The van der Waals surface area contributed by atoms with Crippen molar-refractivity contribution in [3.63, 3.8) is 0 Å². The fourth-order valence-corrected chi connectivity index (χ4v) is 1.18. The summed E-state index contributed by atoms with van der Waals surface area (Å²) in [6, 6.07) is 4.59. The molecule has 2 amide bonds. The number of urea groups is 1. The van der Waals surface area contributed by atoms with E-state index in [1.165, 1.54) is 14.2 Å². The van der Waals surface area contributed by atoms with Gasteiger partial charge in [0.1, 0.15) is 0 Å². The molecule has 0 bridgehead atoms. The average molecular weight is 231 g/mol. The number of methoxy groups -OCH3 is 2. The number of amides is 2. The summed E-state index contributed by atoms with van der Waals surface area (Å²) in [6.07, 6.45) is 0. The van der Waals surface area contributed by atoms with E-state index in [1.54, 1.807) is 18.2 Å². The van der Waals surface area contributed by atoms with Crippen LogP contribution < -0.4 is 19.6 Å². The van der Waals surface area contributed by atoms with E-state index in [-0.39, 0.29) is 0 Å². The van der Waals surface area contributed by atoms with Gasteiger partial charge >= 0.3 is 6.03 Å². The van der Waals surface area contributed by atoms with E-state index < -0.39 is 6.03 Å². The van der Waals surface area contributed by atoms with Gasteiger partial charge in [0, 0.05) is 11.8 Å². The van der Waals surface area contributed by atoms with Gasteiger partial charge < -0.3 is 14.8 Å². The van der Waals surface area contributed by atoms with Gasteiger partial charge in [-0.2, -0.15) is 0 Å². The standard InChI is InChI=1S/C9H11ClN2O3/c1-14-7-5-3-4-6(8(7)15-2)11-9(13)12-10/h3-5H,1-2H3,(H2,11,12,13). The van der Waals surface area contributed by atoms with Gasteiger partial charge in [-0.1, -0.05) is 6.07 Å². The van der Waals surface area contributed by atoms with Crippen LogP contribution in [0.15, 0.2) is 18.2 Å². The molecule has 82 valence electrons. The third kappa shape index (κ3) is 2.66. The van der Waals surface area contributed by atoms with Crippen LogP contribution in [0.1, 0.15) is 0 Å². The Hall–Kier alpha value is -1.62. The lowest BCUT2D eigenvalue weighted by molar-refractivity contribution is 0.256. The average Bonchev–Trinajstić information content (AvgIpc) is 2.28. The van der Waals surface area contributed by atoms with Crippen LogP contribution in [0.5, 0.6) is 11.5 Å². The van der Waals surface area contributed by atoms with Crippen LogP contribution in [0.3, 0.4) is 0 Å². The molecule has 0 atom stereocenters. The minimum atomic E-state index is -0.539. The summed E-state index contributed by atoms with van der Waals surface area (Å²) in [5.41, 5.74) is 0.481.